The van der Waals surface area contributed by atoms with E-state index in [9.17, 15) is 4.79 Å². The molecule has 0 radical (unpaired) electrons. The molecule has 3 rings (SSSR count). The van der Waals surface area contributed by atoms with Gasteiger partial charge in [0, 0.05) is 6.42 Å². The minimum Gasteiger partial charge on any atom is -0.493 e. The van der Waals surface area contributed by atoms with E-state index in [1.165, 1.54) is 0 Å². The minimum absolute atomic E-state index is 0.0522. The van der Waals surface area contributed by atoms with Crippen LogP contribution in [0.5, 0.6) is 11.5 Å². The van der Waals surface area contributed by atoms with Crippen molar-refractivity contribution in [1.29, 1.82) is 0 Å². The summed E-state index contributed by atoms with van der Waals surface area (Å²) in [5.41, 5.74) is 2.73. The third kappa shape index (κ3) is 4.89. The number of allylic oxidation sites excluding steroid dienone is 1. The average Bonchev–Trinajstić information content (AvgIpc) is 3.13. The Morgan fingerprint density at radius 3 is 2.71 bits per heavy atom. The molecule has 0 bridgehead atoms. The zero-order chi connectivity index (χ0) is 19.9. The molecular formula is C22H23NO4S. The second-order valence-corrected chi connectivity index (χ2v) is 7.34. The summed E-state index contributed by atoms with van der Waals surface area (Å²) in [6.07, 6.45) is 3.36. The normalized spacial score (nSPS) is 11.6. The van der Waals surface area contributed by atoms with Crippen LogP contribution >= 0.6 is 11.3 Å². The average molecular weight is 397 g/mol. The molecule has 0 aliphatic rings. The smallest absolute Gasteiger partial charge is 0.303 e. The van der Waals surface area contributed by atoms with Crippen molar-refractivity contribution in [2.24, 2.45) is 0 Å². The molecule has 0 saturated heterocycles. The molecule has 28 heavy (non-hydrogen) atoms. The summed E-state index contributed by atoms with van der Waals surface area (Å²) in [5.74, 6) is 0.533. The highest BCUT2D eigenvalue weighted by Crippen LogP contribution is 2.33. The van der Waals surface area contributed by atoms with Crippen LogP contribution in [0.2, 0.25) is 0 Å². The lowest BCUT2D eigenvalue weighted by Gasteiger charge is -2.11. The van der Waals surface area contributed by atoms with Crippen LogP contribution < -0.4 is 9.47 Å². The van der Waals surface area contributed by atoms with E-state index >= 15 is 0 Å². The summed E-state index contributed by atoms with van der Waals surface area (Å²) in [4.78, 5) is 15.8. The van der Waals surface area contributed by atoms with Crippen molar-refractivity contribution in [2.75, 3.05) is 13.7 Å². The lowest BCUT2D eigenvalue weighted by molar-refractivity contribution is -0.136. The minimum atomic E-state index is -0.826. The first-order valence-corrected chi connectivity index (χ1v) is 10.0. The van der Waals surface area contributed by atoms with E-state index in [1.807, 2.05) is 48.5 Å². The first-order chi connectivity index (χ1) is 13.6. The van der Waals surface area contributed by atoms with Crippen LogP contribution in [0.15, 0.2) is 42.5 Å². The van der Waals surface area contributed by atoms with Crippen molar-refractivity contribution < 1.29 is 19.4 Å². The number of aromatic nitrogens is 1. The zero-order valence-electron chi connectivity index (χ0n) is 16.0. The highest BCUT2D eigenvalue weighted by Gasteiger charge is 2.12. The number of thiazole rings is 1. The lowest BCUT2D eigenvalue weighted by atomic mass is 10.1. The van der Waals surface area contributed by atoms with Gasteiger partial charge in [0.1, 0.15) is 5.01 Å². The highest BCUT2D eigenvalue weighted by molar-refractivity contribution is 7.19. The Labute approximate surface area is 168 Å². The number of hydrogen-bond donors (Lipinski definition) is 1. The molecule has 0 saturated carbocycles. The Bertz CT molecular complexity index is 960. The zero-order valence-corrected chi connectivity index (χ0v) is 16.8. The van der Waals surface area contributed by atoms with Crippen LogP contribution in [0.3, 0.4) is 0 Å². The third-order valence-corrected chi connectivity index (χ3v) is 5.28. The van der Waals surface area contributed by atoms with Gasteiger partial charge < -0.3 is 14.6 Å². The van der Waals surface area contributed by atoms with Crippen LogP contribution in [0.1, 0.15) is 36.8 Å². The van der Waals surface area contributed by atoms with Gasteiger partial charge >= 0.3 is 5.97 Å². The monoisotopic (exact) mass is 397 g/mol. The van der Waals surface area contributed by atoms with Gasteiger partial charge in [-0.05, 0) is 54.3 Å². The first-order valence-electron chi connectivity index (χ1n) is 9.20. The van der Waals surface area contributed by atoms with Gasteiger partial charge in [0.2, 0.25) is 0 Å². The number of ether oxygens (including phenoxy) is 2. The Balaban J connectivity index is 1.97. The van der Waals surface area contributed by atoms with Crippen molar-refractivity contribution in [3.8, 4) is 11.5 Å². The number of carboxylic acids is 1. The number of carboxylic acid groups (broad SMARTS) is 1. The maximum Gasteiger partial charge on any atom is 0.303 e. The number of carbonyl (C=O) groups is 1. The van der Waals surface area contributed by atoms with Gasteiger partial charge in [0.05, 0.1) is 23.9 Å². The fraction of sp³-hybridized carbons (Fsp3) is 0.273. The number of hydrogen-bond acceptors (Lipinski definition) is 5. The van der Waals surface area contributed by atoms with Gasteiger partial charge in [0.15, 0.2) is 11.5 Å². The van der Waals surface area contributed by atoms with Gasteiger partial charge in [-0.2, -0.15) is 0 Å². The number of aliphatic carboxylic acids is 1. The number of para-hydroxylation sites is 1. The van der Waals surface area contributed by atoms with Gasteiger partial charge in [0.25, 0.3) is 0 Å². The van der Waals surface area contributed by atoms with E-state index in [4.69, 9.17) is 14.6 Å². The third-order valence-electron chi connectivity index (χ3n) is 4.17. The fourth-order valence-corrected chi connectivity index (χ4v) is 3.81. The number of nitrogens with zero attached hydrogens (tertiary/aromatic N) is 1. The highest BCUT2D eigenvalue weighted by atomic mass is 32.1. The topological polar surface area (TPSA) is 68.7 Å². The van der Waals surface area contributed by atoms with Crippen LogP contribution in [-0.4, -0.2) is 29.8 Å². The predicted molar refractivity (Wildman–Crippen MR) is 113 cm³/mol. The number of fused-ring (bicyclic) bond motifs is 1. The Hall–Kier alpha value is -2.86. The fourth-order valence-electron chi connectivity index (χ4n) is 2.80. The van der Waals surface area contributed by atoms with Crippen LogP contribution in [-0.2, 0) is 4.79 Å². The van der Waals surface area contributed by atoms with Crippen molar-refractivity contribution in [3.05, 3.63) is 53.0 Å². The molecule has 1 heterocycles. The summed E-state index contributed by atoms with van der Waals surface area (Å²) in [5, 5.41) is 9.98. The molecular weight excluding hydrogens is 374 g/mol. The molecule has 2 aromatic carbocycles. The van der Waals surface area contributed by atoms with Crippen molar-refractivity contribution in [3.63, 3.8) is 0 Å². The molecule has 146 valence electrons. The molecule has 0 spiro atoms. The molecule has 0 amide bonds. The molecule has 1 N–H and O–H groups in total. The van der Waals surface area contributed by atoms with E-state index in [0.717, 1.165) is 32.8 Å². The number of rotatable bonds is 9. The summed E-state index contributed by atoms with van der Waals surface area (Å²) in [7, 11) is 1.61. The Kier molecular flexibility index (Phi) is 6.66. The molecule has 3 aromatic rings. The second kappa shape index (κ2) is 9.37. The Morgan fingerprint density at radius 2 is 2.00 bits per heavy atom. The SMILES string of the molecule is CCCOc1ccc(C=C(CCC(=O)O)c2nc3ccccc3s2)cc1OC. The van der Waals surface area contributed by atoms with Crippen molar-refractivity contribution in [2.45, 2.75) is 26.2 Å². The van der Waals surface area contributed by atoms with Crippen LogP contribution in [0, 0.1) is 0 Å². The van der Waals surface area contributed by atoms with Crippen LogP contribution in [0.4, 0.5) is 0 Å². The largest absolute Gasteiger partial charge is 0.493 e. The Morgan fingerprint density at radius 1 is 1.18 bits per heavy atom. The summed E-state index contributed by atoms with van der Waals surface area (Å²) >= 11 is 1.57. The predicted octanol–water partition coefficient (Wildman–Crippen LogP) is 5.50. The standard InChI is InChI=1S/C22H23NO4S/c1-3-12-27-18-10-8-15(14-19(18)26-2)13-16(9-11-21(24)25)22-23-17-6-4-5-7-20(17)28-22/h4-8,10,13-14H,3,9,11-12H2,1-2H3,(H,24,25). The molecule has 0 aliphatic heterocycles. The van der Waals surface area contributed by atoms with Gasteiger partial charge in [-0.15, -0.1) is 11.3 Å². The maximum atomic E-state index is 11.1. The number of benzene rings is 2. The van der Waals surface area contributed by atoms with Crippen molar-refractivity contribution >= 4 is 39.2 Å². The summed E-state index contributed by atoms with van der Waals surface area (Å²) in [6.45, 7) is 2.68. The van der Waals surface area contributed by atoms with Crippen molar-refractivity contribution in [1.82, 2.24) is 4.98 Å². The quantitative estimate of drug-likeness (QED) is 0.516. The second-order valence-electron chi connectivity index (χ2n) is 6.31. The van der Waals surface area contributed by atoms with E-state index in [-0.39, 0.29) is 6.42 Å². The van der Waals surface area contributed by atoms with E-state index < -0.39 is 5.97 Å². The van der Waals surface area contributed by atoms with Gasteiger partial charge in [-0.25, -0.2) is 4.98 Å². The van der Waals surface area contributed by atoms with E-state index in [2.05, 4.69) is 11.9 Å². The lowest BCUT2D eigenvalue weighted by Crippen LogP contribution is -1.98. The summed E-state index contributed by atoms with van der Waals surface area (Å²) < 4.78 is 12.2. The molecule has 0 aliphatic carbocycles. The van der Waals surface area contributed by atoms with E-state index in [0.29, 0.717) is 24.5 Å². The van der Waals surface area contributed by atoms with E-state index in [1.54, 1.807) is 18.4 Å². The molecule has 6 heteroatoms. The first kappa shape index (κ1) is 19.9. The molecule has 0 atom stereocenters. The van der Waals surface area contributed by atoms with Gasteiger partial charge in [-0.3, -0.25) is 4.79 Å². The molecule has 0 fully saturated rings. The van der Waals surface area contributed by atoms with Gasteiger partial charge in [-0.1, -0.05) is 25.1 Å². The maximum absolute atomic E-state index is 11.1. The molecule has 0 unspecified atom stereocenters. The summed E-state index contributed by atoms with van der Waals surface area (Å²) in [6, 6.07) is 13.6. The molecule has 5 nitrogen and oxygen atoms in total. The number of methoxy groups -OCH3 is 1. The van der Waals surface area contributed by atoms with Crippen LogP contribution in [0.25, 0.3) is 21.9 Å². The molecule has 1 aromatic heterocycles.